The van der Waals surface area contributed by atoms with E-state index in [0.29, 0.717) is 22.6 Å². The van der Waals surface area contributed by atoms with E-state index < -0.39 is 40.0 Å². The average molecular weight is 561 g/mol. The molecule has 2 aromatic carbocycles. The number of aryl methyl sites for hydroxylation is 1. The summed E-state index contributed by atoms with van der Waals surface area (Å²) in [5.74, 6) is -1.32. The zero-order valence-corrected chi connectivity index (χ0v) is 22.5. The van der Waals surface area contributed by atoms with Crippen molar-refractivity contribution in [3.8, 4) is 0 Å². The van der Waals surface area contributed by atoms with Crippen LogP contribution in [0.1, 0.15) is 42.5 Å². The van der Waals surface area contributed by atoms with Crippen molar-refractivity contribution in [3.05, 3.63) is 92.9 Å². The van der Waals surface area contributed by atoms with Crippen molar-refractivity contribution in [2.24, 2.45) is 0 Å². The molecule has 1 aromatic heterocycles. The van der Waals surface area contributed by atoms with Gasteiger partial charge in [-0.2, -0.15) is 0 Å². The zero-order valence-electron chi connectivity index (χ0n) is 20.9. The summed E-state index contributed by atoms with van der Waals surface area (Å²) in [4.78, 5) is 37.9. The van der Waals surface area contributed by atoms with Gasteiger partial charge in [0.25, 0.3) is 5.56 Å². The van der Waals surface area contributed by atoms with Crippen LogP contribution in [0.5, 0.6) is 0 Å². The summed E-state index contributed by atoms with van der Waals surface area (Å²) in [5.41, 5.74) is 1.06. The quantitative estimate of drug-likeness (QED) is 0.274. The molecule has 0 aliphatic carbocycles. The number of carbonyl (C=O) groups excluding carboxylic acids is 1. The van der Waals surface area contributed by atoms with E-state index in [0.717, 1.165) is 5.56 Å². The van der Waals surface area contributed by atoms with Crippen LogP contribution in [-0.2, 0) is 21.4 Å². The summed E-state index contributed by atoms with van der Waals surface area (Å²) in [7, 11) is -3.79. The molecule has 0 aliphatic heterocycles. The van der Waals surface area contributed by atoms with Gasteiger partial charge in [-0.15, -0.1) is 0 Å². The fraction of sp³-hybridized carbons (Fsp3) is 0.269. The maximum Gasteiger partial charge on any atom is 0.319 e. The second-order valence-corrected chi connectivity index (χ2v) is 11.0. The summed E-state index contributed by atoms with van der Waals surface area (Å²) in [6.45, 7) is 3.64. The van der Waals surface area contributed by atoms with Gasteiger partial charge in [-0.1, -0.05) is 66.6 Å². The number of carboxylic acids is 1. The number of hydrogen-bond acceptors (Lipinski definition) is 5. The van der Waals surface area contributed by atoms with Crippen molar-refractivity contribution in [2.75, 3.05) is 15.8 Å². The van der Waals surface area contributed by atoms with Gasteiger partial charge in [-0.25, -0.2) is 13.2 Å². The van der Waals surface area contributed by atoms with Gasteiger partial charge in [0.2, 0.25) is 10.0 Å². The molecule has 3 rings (SSSR count). The lowest BCUT2D eigenvalue weighted by Gasteiger charge is -2.20. The van der Waals surface area contributed by atoms with Gasteiger partial charge in [0.05, 0.1) is 30.4 Å². The first-order valence-corrected chi connectivity index (χ1v) is 13.8. The summed E-state index contributed by atoms with van der Waals surface area (Å²) in [6.07, 6.45) is 1.34. The molecule has 12 heteroatoms. The number of carbonyl (C=O) groups is 2. The monoisotopic (exact) mass is 560 g/mol. The number of benzene rings is 2. The number of nitrogens with zero attached hydrogens (tertiary/aromatic N) is 1. The number of aliphatic carboxylic acids is 1. The van der Waals surface area contributed by atoms with E-state index in [-0.39, 0.29) is 23.7 Å². The first kappa shape index (κ1) is 28.7. The standard InChI is InChI=1S/C26H29ClN4O6S/c1-3-14-38(36,37)30-21-12-13-31(16-19-6-4-5-7-20(19)27)25(34)24(21)29-26(35)28-22(15-23(32)33)18-10-8-17(2)9-11-18/h4-13,22,30H,3,14-16H2,1-2H3,(H,32,33)(H2,28,29,35)/t22-/m0/s1. The Labute approximate surface area is 225 Å². The molecule has 0 bridgehead atoms. The second kappa shape index (κ2) is 12.6. The molecule has 38 heavy (non-hydrogen) atoms. The minimum absolute atomic E-state index is 0.0712. The minimum Gasteiger partial charge on any atom is -0.481 e. The molecule has 202 valence electrons. The molecular formula is C26H29ClN4O6S. The fourth-order valence-electron chi connectivity index (χ4n) is 3.74. The molecule has 0 unspecified atom stereocenters. The third-order valence-corrected chi connectivity index (χ3v) is 7.45. The Kier molecular flexibility index (Phi) is 9.54. The summed E-state index contributed by atoms with van der Waals surface area (Å²) >= 11 is 6.24. The summed E-state index contributed by atoms with van der Waals surface area (Å²) in [6, 6.07) is 13.5. The van der Waals surface area contributed by atoms with Crippen LogP contribution >= 0.6 is 11.6 Å². The van der Waals surface area contributed by atoms with Gasteiger partial charge in [0, 0.05) is 11.2 Å². The Hall–Kier alpha value is -3.83. The van der Waals surface area contributed by atoms with E-state index in [1.54, 1.807) is 55.5 Å². The minimum atomic E-state index is -3.79. The Morgan fingerprint density at radius 1 is 1.08 bits per heavy atom. The maximum atomic E-state index is 13.4. The van der Waals surface area contributed by atoms with Crippen LogP contribution in [0.3, 0.4) is 0 Å². The molecule has 1 heterocycles. The highest BCUT2D eigenvalue weighted by atomic mass is 35.5. The second-order valence-electron chi connectivity index (χ2n) is 8.71. The van der Waals surface area contributed by atoms with Gasteiger partial charge < -0.3 is 20.3 Å². The maximum absolute atomic E-state index is 13.4. The van der Waals surface area contributed by atoms with Crippen LogP contribution in [-0.4, -0.2) is 35.8 Å². The number of anilines is 2. The number of pyridine rings is 1. The lowest BCUT2D eigenvalue weighted by Crippen LogP contribution is -2.37. The van der Waals surface area contributed by atoms with Gasteiger partial charge in [-0.05, 0) is 36.6 Å². The van der Waals surface area contributed by atoms with Crippen molar-refractivity contribution in [3.63, 3.8) is 0 Å². The molecule has 4 N–H and O–H groups in total. The SMILES string of the molecule is CCCS(=O)(=O)Nc1ccn(Cc2ccccc2Cl)c(=O)c1NC(=O)N[C@@H](CC(=O)O)c1ccc(C)cc1. The van der Waals surface area contributed by atoms with Crippen LogP contribution in [0.4, 0.5) is 16.2 Å². The van der Waals surface area contributed by atoms with Gasteiger partial charge in [0.1, 0.15) is 5.69 Å². The summed E-state index contributed by atoms with van der Waals surface area (Å²) < 4.78 is 28.5. The molecule has 1 atom stereocenters. The molecular weight excluding hydrogens is 532 g/mol. The number of hydrogen-bond donors (Lipinski definition) is 4. The molecule has 10 nitrogen and oxygen atoms in total. The Bertz CT molecular complexity index is 1470. The molecule has 2 amide bonds. The van der Waals surface area contributed by atoms with Crippen LogP contribution in [0.15, 0.2) is 65.6 Å². The molecule has 0 radical (unpaired) electrons. The molecule has 0 saturated heterocycles. The molecule has 0 saturated carbocycles. The van der Waals surface area contributed by atoms with Crippen LogP contribution in [0, 0.1) is 6.92 Å². The molecule has 3 aromatic rings. The third-order valence-electron chi connectivity index (χ3n) is 5.60. The van der Waals surface area contributed by atoms with Crippen LogP contribution in [0.25, 0.3) is 0 Å². The highest BCUT2D eigenvalue weighted by Crippen LogP contribution is 2.22. The van der Waals surface area contributed by atoms with Crippen molar-refractivity contribution in [2.45, 2.75) is 39.3 Å². The van der Waals surface area contributed by atoms with Crippen molar-refractivity contribution in [1.29, 1.82) is 0 Å². The molecule has 0 fully saturated rings. The first-order valence-electron chi connectivity index (χ1n) is 11.8. The largest absolute Gasteiger partial charge is 0.481 e. The lowest BCUT2D eigenvalue weighted by atomic mass is 10.0. The highest BCUT2D eigenvalue weighted by Gasteiger charge is 2.22. The van der Waals surface area contributed by atoms with E-state index in [1.165, 1.54) is 16.8 Å². The third kappa shape index (κ3) is 7.83. The van der Waals surface area contributed by atoms with E-state index in [4.69, 9.17) is 11.6 Å². The number of carboxylic acid groups (broad SMARTS) is 1. The van der Waals surface area contributed by atoms with Gasteiger partial charge in [-0.3, -0.25) is 14.3 Å². The molecule has 0 aliphatic rings. The predicted molar refractivity (Wildman–Crippen MR) is 147 cm³/mol. The normalized spacial score (nSPS) is 12.0. The average Bonchev–Trinajstić information content (AvgIpc) is 2.84. The number of aromatic nitrogens is 1. The van der Waals surface area contributed by atoms with Crippen molar-refractivity contribution < 1.29 is 23.1 Å². The van der Waals surface area contributed by atoms with Gasteiger partial charge >= 0.3 is 12.0 Å². The fourth-order valence-corrected chi connectivity index (χ4v) is 5.08. The smallest absolute Gasteiger partial charge is 0.319 e. The number of urea groups is 1. The lowest BCUT2D eigenvalue weighted by molar-refractivity contribution is -0.137. The summed E-state index contributed by atoms with van der Waals surface area (Å²) in [5, 5.41) is 14.8. The predicted octanol–water partition coefficient (Wildman–Crippen LogP) is 4.35. The zero-order chi connectivity index (χ0) is 27.9. The van der Waals surface area contributed by atoms with E-state index in [9.17, 15) is 27.9 Å². The number of nitrogens with one attached hydrogen (secondary N) is 3. The van der Waals surface area contributed by atoms with Crippen LogP contribution < -0.4 is 20.9 Å². The Balaban J connectivity index is 1.96. The Morgan fingerprint density at radius 2 is 1.76 bits per heavy atom. The highest BCUT2D eigenvalue weighted by molar-refractivity contribution is 7.92. The number of rotatable bonds is 11. The van der Waals surface area contributed by atoms with Gasteiger partial charge in [0.15, 0.2) is 0 Å². The molecule has 0 spiro atoms. The number of amides is 2. The number of sulfonamides is 1. The van der Waals surface area contributed by atoms with Crippen LogP contribution in [0.2, 0.25) is 5.02 Å². The first-order chi connectivity index (χ1) is 18.0. The van der Waals surface area contributed by atoms with Crippen molar-refractivity contribution in [1.82, 2.24) is 9.88 Å². The van der Waals surface area contributed by atoms with Crippen molar-refractivity contribution >= 4 is 45.0 Å². The van der Waals surface area contributed by atoms with E-state index in [2.05, 4.69) is 15.4 Å². The van der Waals surface area contributed by atoms with E-state index >= 15 is 0 Å². The topological polar surface area (TPSA) is 147 Å². The van der Waals surface area contributed by atoms with E-state index in [1.807, 2.05) is 6.92 Å². The number of halogens is 1. The Morgan fingerprint density at radius 3 is 2.39 bits per heavy atom.